The number of carbonyl (C=O) groups is 1. The van der Waals surface area contributed by atoms with Crippen LogP contribution in [0.1, 0.15) is 27.9 Å². The van der Waals surface area contributed by atoms with Gasteiger partial charge in [-0.05, 0) is 49.2 Å². The zero-order valence-electron chi connectivity index (χ0n) is 20.7. The Bertz CT molecular complexity index is 1180. The van der Waals surface area contributed by atoms with Gasteiger partial charge in [-0.15, -0.1) is 24.8 Å². The van der Waals surface area contributed by atoms with Gasteiger partial charge in [0.05, 0.1) is 30.7 Å². The standard InChI is InChI=1S/C26H32N6O2.2ClH/c1-19-16-20(8-9-24(19)34-15-5-12-31-13-10-27-11-14-31)26(33)32-18-21-17-28-30(2)25(21)29-22-6-3-4-7-23(22)32;;/h3-4,6-9,16-17,27,29H,5,10-15,18H2,1-2H3;2*1H. The molecule has 0 unspecified atom stereocenters. The number of aryl methyl sites for hydroxylation is 2. The van der Waals surface area contributed by atoms with Gasteiger partial charge in [-0.25, -0.2) is 0 Å². The number of ether oxygens (including phenoxy) is 1. The molecule has 5 rings (SSSR count). The summed E-state index contributed by atoms with van der Waals surface area (Å²) in [5.74, 6) is 1.70. The maximum atomic E-state index is 13.7. The fourth-order valence-corrected chi connectivity index (χ4v) is 4.64. The number of carbonyl (C=O) groups excluding carboxylic acids is 1. The van der Waals surface area contributed by atoms with E-state index in [1.54, 1.807) is 4.68 Å². The molecule has 0 aliphatic carbocycles. The number of anilines is 3. The van der Waals surface area contributed by atoms with Crippen molar-refractivity contribution in [1.29, 1.82) is 0 Å². The van der Waals surface area contributed by atoms with Gasteiger partial charge in [0.15, 0.2) is 0 Å². The first-order valence-corrected chi connectivity index (χ1v) is 12.0. The second-order valence-corrected chi connectivity index (χ2v) is 8.95. The van der Waals surface area contributed by atoms with E-state index in [9.17, 15) is 4.79 Å². The van der Waals surface area contributed by atoms with Crippen LogP contribution in [0.3, 0.4) is 0 Å². The number of fused-ring (bicyclic) bond motifs is 2. The minimum absolute atomic E-state index is 0. The lowest BCUT2D eigenvalue weighted by molar-refractivity contribution is 0.0985. The first-order chi connectivity index (χ1) is 16.6. The molecule has 3 aromatic rings. The highest BCUT2D eigenvalue weighted by molar-refractivity contribution is 6.08. The van der Waals surface area contributed by atoms with Gasteiger partial charge in [0.1, 0.15) is 11.6 Å². The number of piperazine rings is 1. The number of benzene rings is 2. The molecule has 2 aromatic carbocycles. The molecule has 0 saturated carbocycles. The van der Waals surface area contributed by atoms with Gasteiger partial charge in [-0.3, -0.25) is 9.48 Å². The lowest BCUT2D eigenvalue weighted by Gasteiger charge is -2.27. The zero-order valence-corrected chi connectivity index (χ0v) is 22.3. The second-order valence-electron chi connectivity index (χ2n) is 8.95. The van der Waals surface area contributed by atoms with Crippen molar-refractivity contribution in [3.8, 4) is 5.75 Å². The number of hydrogen-bond acceptors (Lipinski definition) is 6. The largest absolute Gasteiger partial charge is 0.493 e. The van der Waals surface area contributed by atoms with Gasteiger partial charge in [-0.2, -0.15) is 5.10 Å². The van der Waals surface area contributed by atoms with Crippen molar-refractivity contribution >= 4 is 47.9 Å². The molecule has 8 nitrogen and oxygen atoms in total. The number of aromatic nitrogens is 2. The van der Waals surface area contributed by atoms with Crippen molar-refractivity contribution in [2.75, 3.05) is 49.5 Å². The van der Waals surface area contributed by atoms with Crippen LogP contribution in [-0.2, 0) is 13.6 Å². The Morgan fingerprint density at radius 1 is 1.11 bits per heavy atom. The van der Waals surface area contributed by atoms with Crippen molar-refractivity contribution in [3.05, 3.63) is 65.4 Å². The lowest BCUT2D eigenvalue weighted by atomic mass is 10.1. The molecular formula is C26H34Cl2N6O2. The quantitative estimate of drug-likeness (QED) is 0.464. The first kappa shape index (κ1) is 27.8. The molecule has 1 saturated heterocycles. The number of amides is 1. The maximum absolute atomic E-state index is 13.7. The van der Waals surface area contributed by atoms with E-state index >= 15 is 0 Å². The van der Waals surface area contributed by atoms with Crippen LogP contribution in [0.25, 0.3) is 0 Å². The molecule has 2 N–H and O–H groups in total. The van der Waals surface area contributed by atoms with Crippen LogP contribution in [0.15, 0.2) is 48.7 Å². The molecule has 194 valence electrons. The number of nitrogens with zero attached hydrogens (tertiary/aromatic N) is 4. The van der Waals surface area contributed by atoms with Crippen LogP contribution < -0.4 is 20.3 Å². The third-order valence-electron chi connectivity index (χ3n) is 6.54. The van der Waals surface area contributed by atoms with Crippen LogP contribution in [0, 0.1) is 6.92 Å². The average molecular weight is 534 g/mol. The Balaban J connectivity index is 0.00000180. The minimum Gasteiger partial charge on any atom is -0.493 e. The monoisotopic (exact) mass is 532 g/mol. The predicted molar refractivity (Wildman–Crippen MR) is 149 cm³/mol. The summed E-state index contributed by atoms with van der Waals surface area (Å²) in [6.07, 6.45) is 2.81. The van der Waals surface area contributed by atoms with E-state index in [4.69, 9.17) is 4.74 Å². The fraction of sp³-hybridized carbons (Fsp3) is 0.385. The Kier molecular flexibility index (Phi) is 9.62. The van der Waals surface area contributed by atoms with E-state index in [2.05, 4.69) is 20.6 Å². The first-order valence-electron chi connectivity index (χ1n) is 12.0. The smallest absolute Gasteiger partial charge is 0.258 e. The molecule has 0 bridgehead atoms. The average Bonchev–Trinajstić information content (AvgIpc) is 3.10. The van der Waals surface area contributed by atoms with E-state index in [0.717, 1.165) is 73.2 Å². The van der Waals surface area contributed by atoms with Crippen LogP contribution in [0.2, 0.25) is 0 Å². The number of rotatable bonds is 6. The number of para-hydroxylation sites is 2. The minimum atomic E-state index is -0.0423. The van der Waals surface area contributed by atoms with Gasteiger partial charge in [0, 0.05) is 50.9 Å². The van der Waals surface area contributed by atoms with Crippen molar-refractivity contribution in [1.82, 2.24) is 20.0 Å². The highest BCUT2D eigenvalue weighted by Gasteiger charge is 2.27. The molecule has 0 atom stereocenters. The summed E-state index contributed by atoms with van der Waals surface area (Å²) in [4.78, 5) is 17.9. The molecule has 36 heavy (non-hydrogen) atoms. The zero-order chi connectivity index (χ0) is 23.5. The maximum Gasteiger partial charge on any atom is 0.258 e. The Labute approximate surface area is 224 Å². The third kappa shape index (κ3) is 5.95. The molecular weight excluding hydrogens is 499 g/mol. The molecule has 1 aromatic heterocycles. The number of hydrogen-bond donors (Lipinski definition) is 2. The Morgan fingerprint density at radius 3 is 2.67 bits per heavy atom. The molecule has 2 aliphatic heterocycles. The van der Waals surface area contributed by atoms with E-state index in [-0.39, 0.29) is 30.7 Å². The van der Waals surface area contributed by atoms with Crippen LogP contribution >= 0.6 is 24.8 Å². The van der Waals surface area contributed by atoms with Crippen LogP contribution in [0.5, 0.6) is 5.75 Å². The van der Waals surface area contributed by atoms with Crippen molar-refractivity contribution in [2.24, 2.45) is 7.05 Å². The summed E-state index contributed by atoms with van der Waals surface area (Å²) in [7, 11) is 1.90. The fourth-order valence-electron chi connectivity index (χ4n) is 4.64. The van der Waals surface area contributed by atoms with E-state index in [1.807, 2.05) is 67.5 Å². The van der Waals surface area contributed by atoms with Gasteiger partial charge in [0.2, 0.25) is 0 Å². The highest BCUT2D eigenvalue weighted by Crippen LogP contribution is 2.36. The van der Waals surface area contributed by atoms with Crippen molar-refractivity contribution in [2.45, 2.75) is 19.9 Å². The van der Waals surface area contributed by atoms with E-state index < -0.39 is 0 Å². The van der Waals surface area contributed by atoms with E-state index in [0.29, 0.717) is 18.7 Å². The normalized spacial score (nSPS) is 14.9. The van der Waals surface area contributed by atoms with Gasteiger partial charge >= 0.3 is 0 Å². The van der Waals surface area contributed by atoms with Gasteiger partial charge in [-0.1, -0.05) is 12.1 Å². The van der Waals surface area contributed by atoms with Crippen LogP contribution in [0.4, 0.5) is 17.2 Å². The molecule has 0 radical (unpaired) electrons. The Hall–Kier alpha value is -2.78. The summed E-state index contributed by atoms with van der Waals surface area (Å²) in [6.45, 7) is 8.51. The molecule has 1 fully saturated rings. The lowest BCUT2D eigenvalue weighted by Crippen LogP contribution is -2.43. The van der Waals surface area contributed by atoms with E-state index in [1.165, 1.54) is 0 Å². The van der Waals surface area contributed by atoms with Crippen molar-refractivity contribution < 1.29 is 9.53 Å². The molecule has 0 spiro atoms. The second kappa shape index (κ2) is 12.5. The summed E-state index contributed by atoms with van der Waals surface area (Å²) < 4.78 is 7.85. The molecule has 3 heterocycles. The summed E-state index contributed by atoms with van der Waals surface area (Å²) in [5, 5.41) is 11.2. The molecule has 1 amide bonds. The predicted octanol–water partition coefficient (Wildman–Crippen LogP) is 4.15. The third-order valence-corrected chi connectivity index (χ3v) is 6.54. The molecule has 10 heteroatoms. The topological polar surface area (TPSA) is 74.7 Å². The highest BCUT2D eigenvalue weighted by atomic mass is 35.5. The van der Waals surface area contributed by atoms with Crippen LogP contribution in [-0.4, -0.2) is 59.9 Å². The number of nitrogens with one attached hydrogen (secondary N) is 2. The SMILES string of the molecule is Cc1cc(C(=O)N2Cc3cnn(C)c3Nc3ccccc32)ccc1OCCCN1CCNCC1.Cl.Cl. The summed E-state index contributed by atoms with van der Waals surface area (Å²) in [6, 6.07) is 13.6. The van der Waals surface area contributed by atoms with Gasteiger partial charge in [0.25, 0.3) is 5.91 Å². The van der Waals surface area contributed by atoms with Gasteiger partial charge < -0.3 is 25.2 Å². The van der Waals surface area contributed by atoms with Crippen molar-refractivity contribution in [3.63, 3.8) is 0 Å². The summed E-state index contributed by atoms with van der Waals surface area (Å²) >= 11 is 0. The molecule has 2 aliphatic rings. The Morgan fingerprint density at radius 2 is 1.89 bits per heavy atom. The summed E-state index contributed by atoms with van der Waals surface area (Å²) in [5.41, 5.74) is 4.34. The number of halogens is 2.